The smallest absolute Gasteiger partial charge is 0.227 e. The van der Waals surface area contributed by atoms with Gasteiger partial charge in [-0.2, -0.15) is 0 Å². The molecule has 2 heterocycles. The van der Waals surface area contributed by atoms with E-state index in [0.29, 0.717) is 12.2 Å². The maximum atomic E-state index is 12.0. The molecule has 0 radical (unpaired) electrons. The summed E-state index contributed by atoms with van der Waals surface area (Å²) >= 11 is 0. The van der Waals surface area contributed by atoms with Crippen molar-refractivity contribution in [3.8, 4) is 0 Å². The minimum Gasteiger partial charge on any atom is -0.351 e. The van der Waals surface area contributed by atoms with E-state index in [-0.39, 0.29) is 11.9 Å². The summed E-state index contributed by atoms with van der Waals surface area (Å²) in [6, 6.07) is 7.92. The molecule has 1 N–H and O–H groups in total. The van der Waals surface area contributed by atoms with Crippen LogP contribution in [0, 0.1) is 13.8 Å². The first-order valence-corrected chi connectivity index (χ1v) is 6.42. The number of rotatable bonds is 4. The predicted octanol–water partition coefficient (Wildman–Crippen LogP) is 3.09. The van der Waals surface area contributed by atoms with Gasteiger partial charge in [0.2, 0.25) is 5.91 Å². The molecule has 1 unspecified atom stereocenters. The molecule has 0 aliphatic heterocycles. The summed E-state index contributed by atoms with van der Waals surface area (Å²) in [6.45, 7) is 5.94. The Morgan fingerprint density at radius 2 is 2.00 bits per heavy atom. The highest BCUT2D eigenvalue weighted by Gasteiger charge is 2.10. The number of hydrogen-bond donors (Lipinski definition) is 1. The molecule has 1 amide bonds. The highest BCUT2D eigenvalue weighted by molar-refractivity contribution is 5.90. The van der Waals surface area contributed by atoms with E-state index in [1.165, 1.54) is 0 Å². The van der Waals surface area contributed by atoms with Gasteiger partial charge in [-0.1, -0.05) is 0 Å². The van der Waals surface area contributed by atoms with Gasteiger partial charge < -0.3 is 9.88 Å². The van der Waals surface area contributed by atoms with Crippen LogP contribution >= 0.6 is 0 Å². The predicted molar refractivity (Wildman–Crippen MR) is 76.1 cm³/mol. The highest BCUT2D eigenvalue weighted by atomic mass is 16.1. The molecule has 2 aromatic heterocycles. The van der Waals surface area contributed by atoms with Gasteiger partial charge in [0.15, 0.2) is 0 Å². The molecule has 100 valence electrons. The summed E-state index contributed by atoms with van der Waals surface area (Å²) in [5.41, 5.74) is 2.01. The third-order valence-corrected chi connectivity index (χ3v) is 2.98. The van der Waals surface area contributed by atoms with Gasteiger partial charge in [0.05, 0.1) is 0 Å². The number of amides is 1. The lowest BCUT2D eigenvalue weighted by Gasteiger charge is -2.13. The Morgan fingerprint density at radius 3 is 2.63 bits per heavy atom. The van der Waals surface area contributed by atoms with Crippen LogP contribution in [0.5, 0.6) is 0 Å². The van der Waals surface area contributed by atoms with E-state index in [1.54, 1.807) is 0 Å². The summed E-state index contributed by atoms with van der Waals surface area (Å²) in [6.07, 6.45) is 4.36. The van der Waals surface area contributed by atoms with Gasteiger partial charge in [0, 0.05) is 30.6 Å². The molecule has 2 rings (SSSR count). The molecule has 0 aliphatic carbocycles. The Labute approximate surface area is 113 Å². The van der Waals surface area contributed by atoms with Crippen molar-refractivity contribution in [2.45, 2.75) is 33.2 Å². The zero-order chi connectivity index (χ0) is 13.8. The van der Waals surface area contributed by atoms with Gasteiger partial charge in [-0.15, -0.1) is 0 Å². The van der Waals surface area contributed by atoms with E-state index in [0.717, 1.165) is 11.3 Å². The van der Waals surface area contributed by atoms with Crippen LogP contribution in [0.3, 0.4) is 0 Å². The molecular weight excluding hydrogens is 238 g/mol. The van der Waals surface area contributed by atoms with Gasteiger partial charge in [-0.25, -0.2) is 4.98 Å². The molecule has 0 bridgehead atoms. The number of nitrogens with one attached hydrogen (secondary N) is 1. The average Bonchev–Trinajstić information content (AvgIpc) is 2.80. The van der Waals surface area contributed by atoms with Gasteiger partial charge in [-0.3, -0.25) is 4.79 Å². The number of hydrogen-bond acceptors (Lipinski definition) is 2. The number of carbonyl (C=O) groups is 1. The largest absolute Gasteiger partial charge is 0.351 e. The number of anilines is 1. The molecular formula is C15H19N3O. The second kappa shape index (κ2) is 5.69. The van der Waals surface area contributed by atoms with Gasteiger partial charge in [-0.05, 0) is 50.6 Å². The highest BCUT2D eigenvalue weighted by Crippen LogP contribution is 2.13. The van der Waals surface area contributed by atoms with Gasteiger partial charge >= 0.3 is 0 Å². The van der Waals surface area contributed by atoms with Gasteiger partial charge in [0.25, 0.3) is 0 Å². The zero-order valence-corrected chi connectivity index (χ0v) is 11.6. The molecule has 0 spiro atoms. The number of nitrogens with zero attached hydrogens (tertiary/aromatic N) is 2. The third-order valence-electron chi connectivity index (χ3n) is 2.98. The summed E-state index contributed by atoms with van der Waals surface area (Å²) in [5.74, 6) is 0.612. The van der Waals surface area contributed by atoms with Crippen molar-refractivity contribution >= 4 is 11.7 Å². The van der Waals surface area contributed by atoms with Crippen molar-refractivity contribution in [3.63, 3.8) is 0 Å². The molecule has 0 saturated carbocycles. The summed E-state index contributed by atoms with van der Waals surface area (Å²) in [7, 11) is 0. The van der Waals surface area contributed by atoms with Crippen LogP contribution in [0.4, 0.5) is 5.82 Å². The second-order valence-corrected chi connectivity index (χ2v) is 4.90. The monoisotopic (exact) mass is 257 g/mol. The minimum absolute atomic E-state index is 0.0151. The summed E-state index contributed by atoms with van der Waals surface area (Å²) in [5, 5.41) is 2.85. The van der Waals surface area contributed by atoms with Crippen LogP contribution in [0.25, 0.3) is 0 Å². The average molecular weight is 257 g/mol. The second-order valence-electron chi connectivity index (χ2n) is 4.90. The van der Waals surface area contributed by atoms with Crippen molar-refractivity contribution < 1.29 is 4.79 Å². The quantitative estimate of drug-likeness (QED) is 0.915. The SMILES string of the molecule is Cc1cc(C)nc(NC(=O)CC(C)n2cccc2)c1. The number of aromatic nitrogens is 2. The number of carbonyl (C=O) groups excluding carboxylic acids is 1. The minimum atomic E-state index is -0.0151. The van der Waals surface area contributed by atoms with Crippen molar-refractivity contribution in [3.05, 3.63) is 47.9 Å². The normalized spacial score (nSPS) is 12.2. The van der Waals surface area contributed by atoms with E-state index < -0.39 is 0 Å². The molecule has 1 atom stereocenters. The Kier molecular flexibility index (Phi) is 4.00. The Morgan fingerprint density at radius 1 is 1.32 bits per heavy atom. The molecule has 4 heteroatoms. The van der Waals surface area contributed by atoms with Gasteiger partial charge in [0.1, 0.15) is 5.82 Å². The van der Waals surface area contributed by atoms with Crippen LogP contribution in [0.15, 0.2) is 36.7 Å². The Balaban J connectivity index is 1.97. The lowest BCUT2D eigenvalue weighted by atomic mass is 10.2. The molecule has 0 aromatic carbocycles. The van der Waals surface area contributed by atoms with E-state index in [9.17, 15) is 4.79 Å². The standard InChI is InChI=1S/C15H19N3O/c1-11-8-12(2)16-14(9-11)17-15(19)10-13(3)18-6-4-5-7-18/h4-9,13H,10H2,1-3H3,(H,16,17,19). The molecule has 19 heavy (non-hydrogen) atoms. The first-order valence-electron chi connectivity index (χ1n) is 6.42. The van der Waals surface area contributed by atoms with Crippen LogP contribution in [0.1, 0.15) is 30.6 Å². The maximum absolute atomic E-state index is 12.0. The summed E-state index contributed by atoms with van der Waals surface area (Å²) < 4.78 is 2.02. The molecule has 0 fully saturated rings. The Hall–Kier alpha value is -2.10. The van der Waals surface area contributed by atoms with Crippen LogP contribution in [-0.2, 0) is 4.79 Å². The van der Waals surface area contributed by atoms with Crippen LogP contribution in [0.2, 0.25) is 0 Å². The topological polar surface area (TPSA) is 46.9 Å². The fraction of sp³-hybridized carbons (Fsp3) is 0.333. The fourth-order valence-corrected chi connectivity index (χ4v) is 2.11. The summed E-state index contributed by atoms with van der Waals surface area (Å²) in [4.78, 5) is 16.3. The maximum Gasteiger partial charge on any atom is 0.227 e. The van der Waals surface area contributed by atoms with Crippen molar-refractivity contribution in [2.24, 2.45) is 0 Å². The Bertz CT molecular complexity index is 541. The van der Waals surface area contributed by atoms with Crippen LogP contribution < -0.4 is 5.32 Å². The molecule has 0 saturated heterocycles. The van der Waals surface area contributed by atoms with Crippen molar-refractivity contribution in [2.75, 3.05) is 5.32 Å². The van der Waals surface area contributed by atoms with Crippen molar-refractivity contribution in [1.82, 2.24) is 9.55 Å². The van der Waals surface area contributed by atoms with E-state index >= 15 is 0 Å². The fourth-order valence-electron chi connectivity index (χ4n) is 2.11. The third kappa shape index (κ3) is 3.68. The lowest BCUT2D eigenvalue weighted by molar-refractivity contribution is -0.116. The lowest BCUT2D eigenvalue weighted by Crippen LogP contribution is -2.17. The van der Waals surface area contributed by atoms with Crippen molar-refractivity contribution in [1.29, 1.82) is 0 Å². The molecule has 2 aromatic rings. The van der Waals surface area contributed by atoms with E-state index in [2.05, 4.69) is 10.3 Å². The molecule has 4 nitrogen and oxygen atoms in total. The van der Waals surface area contributed by atoms with E-state index in [4.69, 9.17) is 0 Å². The first-order chi connectivity index (χ1) is 9.04. The van der Waals surface area contributed by atoms with Crippen LogP contribution in [-0.4, -0.2) is 15.5 Å². The molecule has 0 aliphatic rings. The first kappa shape index (κ1) is 13.3. The number of pyridine rings is 1. The zero-order valence-electron chi connectivity index (χ0n) is 11.6. The number of aryl methyl sites for hydroxylation is 2. The van der Waals surface area contributed by atoms with E-state index in [1.807, 2.05) is 62.0 Å².